The van der Waals surface area contributed by atoms with Gasteiger partial charge in [0.2, 0.25) is 5.91 Å². The van der Waals surface area contributed by atoms with Crippen molar-refractivity contribution in [2.24, 2.45) is 4.99 Å². The summed E-state index contributed by atoms with van der Waals surface area (Å²) in [4.78, 5) is 19.2. The lowest BCUT2D eigenvalue weighted by molar-refractivity contribution is -0.137. The molecule has 1 heterocycles. The number of halogens is 4. The van der Waals surface area contributed by atoms with Crippen molar-refractivity contribution in [3.8, 4) is 0 Å². The Morgan fingerprint density at radius 3 is 2.46 bits per heavy atom. The summed E-state index contributed by atoms with van der Waals surface area (Å²) >= 11 is 1.68. The van der Waals surface area contributed by atoms with Crippen LogP contribution in [0.4, 0.5) is 18.9 Å². The maximum absolute atomic E-state index is 12.6. The molecule has 1 saturated carbocycles. The highest BCUT2D eigenvalue weighted by Gasteiger charge is 2.31. The topological polar surface area (TPSA) is 44.7 Å². The minimum atomic E-state index is -4.37. The van der Waals surface area contributed by atoms with Gasteiger partial charge in [-0.15, -0.1) is 12.4 Å². The molecule has 9 heteroatoms. The van der Waals surface area contributed by atoms with E-state index in [1.165, 1.54) is 31.4 Å². The van der Waals surface area contributed by atoms with Gasteiger partial charge in [-0.1, -0.05) is 31.0 Å². The van der Waals surface area contributed by atoms with Crippen molar-refractivity contribution in [3.05, 3.63) is 29.8 Å². The third-order valence-corrected chi connectivity index (χ3v) is 6.24. The zero-order valence-corrected chi connectivity index (χ0v) is 17.3. The molecule has 1 amide bonds. The highest BCUT2D eigenvalue weighted by atomic mass is 35.5. The van der Waals surface area contributed by atoms with Crippen molar-refractivity contribution in [2.45, 2.75) is 56.8 Å². The van der Waals surface area contributed by atoms with Crippen LogP contribution in [-0.2, 0) is 11.0 Å². The predicted octanol–water partition coefficient (Wildman–Crippen LogP) is 5.19. The molecule has 1 atom stereocenters. The molecular formula is C19H25ClF3N3OS. The summed E-state index contributed by atoms with van der Waals surface area (Å²) in [6.45, 7) is 0. The Bertz CT molecular complexity index is 691. The first-order valence-corrected chi connectivity index (χ1v) is 10.2. The number of amidine groups is 1. The van der Waals surface area contributed by atoms with Crippen LogP contribution < -0.4 is 5.32 Å². The number of hydrogen-bond acceptors (Lipinski definition) is 3. The minimum Gasteiger partial charge on any atom is -0.350 e. The lowest BCUT2D eigenvalue weighted by atomic mass is 9.96. The van der Waals surface area contributed by atoms with E-state index in [9.17, 15) is 18.0 Å². The van der Waals surface area contributed by atoms with E-state index in [0.717, 1.165) is 35.9 Å². The Balaban J connectivity index is 0.00000280. The summed E-state index contributed by atoms with van der Waals surface area (Å²) in [7, 11) is 1.96. The number of amides is 1. The van der Waals surface area contributed by atoms with Crippen LogP contribution in [0.25, 0.3) is 0 Å². The summed E-state index contributed by atoms with van der Waals surface area (Å²) in [5, 5.41) is 3.68. The third kappa shape index (κ3) is 6.04. The van der Waals surface area contributed by atoms with E-state index in [2.05, 4.69) is 10.2 Å². The Kier molecular flexibility index (Phi) is 8.07. The molecule has 1 unspecified atom stereocenters. The van der Waals surface area contributed by atoms with Gasteiger partial charge in [-0.25, -0.2) is 0 Å². The summed E-state index contributed by atoms with van der Waals surface area (Å²) in [5.41, 5.74) is -0.353. The second-order valence-electron chi connectivity index (χ2n) is 7.11. The standard InChI is InChI=1S/C19H24F3N3OS.ClH/c1-25-16(12-27-18(25)24-14-5-3-2-4-6-14)11-17(26)23-15-9-7-13(8-10-15)19(20,21)22;/h7-10,14,16H,2-6,11-12H2,1H3,(H,23,26);1H/b24-18-;. The largest absolute Gasteiger partial charge is 0.416 e. The molecule has 28 heavy (non-hydrogen) atoms. The molecule has 1 saturated heterocycles. The number of aliphatic imine (C=N–C) groups is 1. The zero-order valence-electron chi connectivity index (χ0n) is 15.7. The van der Waals surface area contributed by atoms with Crippen LogP contribution in [0.15, 0.2) is 29.3 Å². The van der Waals surface area contributed by atoms with E-state index in [1.54, 1.807) is 11.8 Å². The number of thioether (sulfide) groups is 1. The summed E-state index contributed by atoms with van der Waals surface area (Å²) in [5.74, 6) is 0.591. The van der Waals surface area contributed by atoms with Crippen LogP contribution in [-0.4, -0.2) is 40.9 Å². The average molecular weight is 436 g/mol. The van der Waals surface area contributed by atoms with Gasteiger partial charge >= 0.3 is 6.18 Å². The van der Waals surface area contributed by atoms with Crippen LogP contribution in [0.3, 0.4) is 0 Å². The van der Waals surface area contributed by atoms with E-state index < -0.39 is 11.7 Å². The molecule has 1 aromatic rings. The number of anilines is 1. The fraction of sp³-hybridized carbons (Fsp3) is 0.579. The SMILES string of the molecule is CN1/C(=N/C2CCCCC2)SCC1CC(=O)Nc1ccc(C(F)(F)F)cc1.Cl. The number of carbonyl (C=O) groups is 1. The maximum Gasteiger partial charge on any atom is 0.416 e. The first kappa shape index (κ1) is 22.9. The Labute approximate surface area is 173 Å². The molecule has 1 aliphatic heterocycles. The molecular weight excluding hydrogens is 411 g/mol. The smallest absolute Gasteiger partial charge is 0.350 e. The molecule has 2 aliphatic rings. The van der Waals surface area contributed by atoms with E-state index in [1.807, 2.05) is 7.05 Å². The molecule has 0 spiro atoms. The Morgan fingerprint density at radius 2 is 1.86 bits per heavy atom. The number of hydrogen-bond donors (Lipinski definition) is 1. The van der Waals surface area contributed by atoms with Crippen molar-refractivity contribution < 1.29 is 18.0 Å². The third-order valence-electron chi connectivity index (χ3n) is 5.04. The molecule has 1 aliphatic carbocycles. The summed E-state index contributed by atoms with van der Waals surface area (Å²) < 4.78 is 37.8. The van der Waals surface area contributed by atoms with Gasteiger partial charge in [0.05, 0.1) is 11.6 Å². The van der Waals surface area contributed by atoms with Gasteiger partial charge in [0, 0.05) is 31.0 Å². The van der Waals surface area contributed by atoms with Crippen molar-refractivity contribution in [1.82, 2.24) is 4.90 Å². The second kappa shape index (κ2) is 9.87. The fourth-order valence-electron chi connectivity index (χ4n) is 3.40. The molecule has 1 N–H and O–H groups in total. The van der Waals surface area contributed by atoms with E-state index in [-0.39, 0.29) is 30.8 Å². The quantitative estimate of drug-likeness (QED) is 0.707. The summed E-state index contributed by atoms with van der Waals surface area (Å²) in [6.07, 6.45) is 1.93. The van der Waals surface area contributed by atoms with E-state index in [4.69, 9.17) is 4.99 Å². The number of rotatable bonds is 4. The molecule has 2 fully saturated rings. The van der Waals surface area contributed by atoms with Gasteiger partial charge in [-0.05, 0) is 37.1 Å². The normalized spacial score (nSPS) is 22.2. The number of alkyl halides is 3. The molecule has 3 rings (SSSR count). The number of carbonyl (C=O) groups excluding carboxylic acids is 1. The van der Waals surface area contributed by atoms with Crippen LogP contribution in [0.5, 0.6) is 0 Å². The van der Waals surface area contributed by atoms with Crippen LogP contribution in [0.1, 0.15) is 44.1 Å². The lowest BCUT2D eigenvalue weighted by Crippen LogP contribution is -2.34. The van der Waals surface area contributed by atoms with Gasteiger partial charge < -0.3 is 10.2 Å². The van der Waals surface area contributed by atoms with Crippen LogP contribution in [0.2, 0.25) is 0 Å². The maximum atomic E-state index is 12.6. The fourth-order valence-corrected chi connectivity index (χ4v) is 4.66. The highest BCUT2D eigenvalue weighted by molar-refractivity contribution is 8.14. The van der Waals surface area contributed by atoms with Gasteiger partial charge in [0.15, 0.2) is 5.17 Å². The number of benzene rings is 1. The van der Waals surface area contributed by atoms with Gasteiger partial charge in [0.1, 0.15) is 0 Å². The molecule has 1 aromatic carbocycles. The zero-order chi connectivity index (χ0) is 19.4. The highest BCUT2D eigenvalue weighted by Crippen LogP contribution is 2.30. The number of nitrogens with one attached hydrogen (secondary N) is 1. The van der Waals surface area contributed by atoms with E-state index >= 15 is 0 Å². The van der Waals surface area contributed by atoms with Crippen molar-refractivity contribution in [1.29, 1.82) is 0 Å². The molecule has 0 aromatic heterocycles. The van der Waals surface area contributed by atoms with E-state index in [0.29, 0.717) is 11.7 Å². The molecule has 4 nitrogen and oxygen atoms in total. The Morgan fingerprint density at radius 1 is 1.21 bits per heavy atom. The van der Waals surface area contributed by atoms with Crippen LogP contribution >= 0.6 is 24.2 Å². The average Bonchev–Trinajstić information content (AvgIpc) is 2.95. The lowest BCUT2D eigenvalue weighted by Gasteiger charge is -2.23. The van der Waals surface area contributed by atoms with Crippen molar-refractivity contribution >= 4 is 40.9 Å². The first-order chi connectivity index (χ1) is 12.8. The monoisotopic (exact) mass is 435 g/mol. The van der Waals surface area contributed by atoms with Crippen molar-refractivity contribution in [3.63, 3.8) is 0 Å². The minimum absolute atomic E-state index is 0. The van der Waals surface area contributed by atoms with Crippen molar-refractivity contribution in [2.75, 3.05) is 18.1 Å². The summed E-state index contributed by atoms with van der Waals surface area (Å²) in [6, 6.07) is 4.95. The van der Waals surface area contributed by atoms with Gasteiger partial charge in [-0.3, -0.25) is 9.79 Å². The molecule has 0 radical (unpaired) electrons. The van der Waals surface area contributed by atoms with Gasteiger partial charge in [-0.2, -0.15) is 13.2 Å². The first-order valence-electron chi connectivity index (χ1n) is 9.23. The predicted molar refractivity (Wildman–Crippen MR) is 110 cm³/mol. The Hall–Kier alpha value is -1.41. The second-order valence-corrected chi connectivity index (χ2v) is 8.09. The van der Waals surface area contributed by atoms with Crippen LogP contribution in [0, 0.1) is 0 Å². The van der Waals surface area contributed by atoms with Gasteiger partial charge in [0.25, 0.3) is 0 Å². The molecule has 156 valence electrons. The number of nitrogens with zero attached hydrogens (tertiary/aromatic N) is 2. The molecule has 0 bridgehead atoms.